The molecule has 0 bridgehead atoms. The van der Waals surface area contributed by atoms with Gasteiger partial charge in [0.2, 0.25) is 0 Å². The van der Waals surface area contributed by atoms with Crippen LogP contribution in [0.5, 0.6) is 0 Å². The van der Waals surface area contributed by atoms with E-state index < -0.39 is 0 Å². The van der Waals surface area contributed by atoms with Crippen LogP contribution in [-0.4, -0.2) is 42.0 Å². The minimum Gasteiger partial charge on any atom is -0.351 e. The lowest BCUT2D eigenvalue weighted by Crippen LogP contribution is -2.36. The van der Waals surface area contributed by atoms with E-state index in [0.29, 0.717) is 23.3 Å². The van der Waals surface area contributed by atoms with Crippen LogP contribution in [0.15, 0.2) is 30.5 Å². The van der Waals surface area contributed by atoms with E-state index in [1.165, 1.54) is 6.20 Å². The van der Waals surface area contributed by atoms with Crippen molar-refractivity contribution in [3.8, 4) is 0 Å². The van der Waals surface area contributed by atoms with Crippen molar-refractivity contribution >= 4 is 28.3 Å². The van der Waals surface area contributed by atoms with E-state index in [4.69, 9.17) is 11.6 Å². The summed E-state index contributed by atoms with van der Waals surface area (Å²) in [7, 11) is 2.04. The first-order valence-electron chi connectivity index (χ1n) is 7.02. The predicted molar refractivity (Wildman–Crippen MR) is 86.9 cm³/mol. The molecule has 1 aromatic carbocycles. The molecular formula is C16H20ClN3O. The van der Waals surface area contributed by atoms with Crippen molar-refractivity contribution in [1.29, 1.82) is 0 Å². The summed E-state index contributed by atoms with van der Waals surface area (Å²) in [6, 6.07) is 7.99. The minimum absolute atomic E-state index is 0.118. The minimum atomic E-state index is -0.118. The summed E-state index contributed by atoms with van der Waals surface area (Å²) >= 11 is 6.06. The maximum atomic E-state index is 12.3. The van der Waals surface area contributed by atoms with Crippen molar-refractivity contribution in [1.82, 2.24) is 15.2 Å². The Morgan fingerprint density at radius 2 is 2.00 bits per heavy atom. The number of nitrogens with zero attached hydrogens (tertiary/aromatic N) is 2. The van der Waals surface area contributed by atoms with Crippen molar-refractivity contribution < 1.29 is 4.79 Å². The first kappa shape index (κ1) is 15.7. The second kappa shape index (κ2) is 6.87. The van der Waals surface area contributed by atoms with E-state index in [1.807, 2.05) is 31.3 Å². The molecule has 0 aliphatic heterocycles. The molecule has 4 nitrogen and oxygen atoms in total. The highest BCUT2D eigenvalue weighted by Crippen LogP contribution is 2.23. The van der Waals surface area contributed by atoms with Gasteiger partial charge in [-0.05, 0) is 26.3 Å². The van der Waals surface area contributed by atoms with Gasteiger partial charge in [-0.1, -0.05) is 35.9 Å². The summed E-state index contributed by atoms with van der Waals surface area (Å²) < 4.78 is 0. The molecular weight excluding hydrogens is 286 g/mol. The fourth-order valence-electron chi connectivity index (χ4n) is 2.04. The van der Waals surface area contributed by atoms with Gasteiger partial charge in [-0.3, -0.25) is 4.79 Å². The number of likely N-dealkylation sites (N-methyl/N-ethyl adjacent to an activating group) is 1. The van der Waals surface area contributed by atoms with Gasteiger partial charge in [-0.15, -0.1) is 0 Å². The highest BCUT2D eigenvalue weighted by Gasteiger charge is 2.12. The largest absolute Gasteiger partial charge is 0.351 e. The smallest absolute Gasteiger partial charge is 0.253 e. The number of halogens is 1. The number of hydrogen-bond acceptors (Lipinski definition) is 3. The summed E-state index contributed by atoms with van der Waals surface area (Å²) in [5.74, 6) is -0.118. The van der Waals surface area contributed by atoms with Gasteiger partial charge in [0.05, 0.1) is 5.56 Å². The monoisotopic (exact) mass is 305 g/mol. The second-order valence-electron chi connectivity index (χ2n) is 5.34. The standard InChI is InChI=1S/C16H20ClN3O/c1-11(2)20(3)9-8-18-16(21)14-10-19-15(17)13-7-5-4-6-12(13)14/h4-7,10-11H,8-9H2,1-3H3,(H,18,21). The highest BCUT2D eigenvalue weighted by molar-refractivity contribution is 6.34. The summed E-state index contributed by atoms with van der Waals surface area (Å²) in [6.07, 6.45) is 1.53. The third kappa shape index (κ3) is 3.71. The van der Waals surface area contributed by atoms with Crippen LogP contribution < -0.4 is 5.32 Å². The Bertz CT molecular complexity index is 642. The van der Waals surface area contributed by atoms with Crippen LogP contribution in [0.2, 0.25) is 5.15 Å². The molecule has 0 unspecified atom stereocenters. The van der Waals surface area contributed by atoms with E-state index in [2.05, 4.69) is 29.0 Å². The number of carbonyl (C=O) groups excluding carboxylic acids is 1. The van der Waals surface area contributed by atoms with E-state index in [9.17, 15) is 4.79 Å². The Morgan fingerprint density at radius 3 is 2.67 bits per heavy atom. The fraction of sp³-hybridized carbons (Fsp3) is 0.375. The molecule has 0 radical (unpaired) electrons. The van der Waals surface area contributed by atoms with E-state index in [0.717, 1.165) is 17.3 Å². The van der Waals surface area contributed by atoms with Gasteiger partial charge in [-0.2, -0.15) is 0 Å². The maximum Gasteiger partial charge on any atom is 0.253 e. The van der Waals surface area contributed by atoms with Gasteiger partial charge < -0.3 is 10.2 Å². The molecule has 112 valence electrons. The lowest BCUT2D eigenvalue weighted by atomic mass is 10.1. The number of nitrogens with one attached hydrogen (secondary N) is 1. The van der Waals surface area contributed by atoms with Crippen molar-refractivity contribution in [3.63, 3.8) is 0 Å². The number of hydrogen-bond donors (Lipinski definition) is 1. The van der Waals surface area contributed by atoms with Gasteiger partial charge in [0.1, 0.15) is 5.15 Å². The zero-order valence-electron chi connectivity index (χ0n) is 12.6. The predicted octanol–water partition coefficient (Wildman–Crippen LogP) is 2.96. The molecule has 1 aromatic heterocycles. The molecule has 1 amide bonds. The Hall–Kier alpha value is -1.65. The van der Waals surface area contributed by atoms with Crippen LogP contribution >= 0.6 is 11.6 Å². The number of fused-ring (bicyclic) bond motifs is 1. The third-order valence-electron chi connectivity index (χ3n) is 3.62. The van der Waals surface area contributed by atoms with Gasteiger partial charge in [0.25, 0.3) is 5.91 Å². The molecule has 1 heterocycles. The Labute approximate surface area is 130 Å². The molecule has 0 aliphatic rings. The first-order chi connectivity index (χ1) is 10.0. The van der Waals surface area contributed by atoms with Crippen LogP contribution in [0.3, 0.4) is 0 Å². The van der Waals surface area contributed by atoms with Crippen molar-refractivity contribution in [2.24, 2.45) is 0 Å². The maximum absolute atomic E-state index is 12.3. The molecule has 2 rings (SSSR count). The molecule has 2 aromatic rings. The van der Waals surface area contributed by atoms with Crippen molar-refractivity contribution in [2.45, 2.75) is 19.9 Å². The van der Waals surface area contributed by atoms with Crippen molar-refractivity contribution in [3.05, 3.63) is 41.2 Å². The van der Waals surface area contributed by atoms with E-state index >= 15 is 0 Å². The normalized spacial score (nSPS) is 11.3. The van der Waals surface area contributed by atoms with Gasteiger partial charge in [-0.25, -0.2) is 4.98 Å². The SMILES string of the molecule is CC(C)N(C)CCNC(=O)c1cnc(Cl)c2ccccc12. The van der Waals surface area contributed by atoms with E-state index in [1.54, 1.807) is 0 Å². The molecule has 21 heavy (non-hydrogen) atoms. The Balaban J connectivity index is 2.12. The first-order valence-corrected chi connectivity index (χ1v) is 7.40. The molecule has 0 atom stereocenters. The summed E-state index contributed by atoms with van der Waals surface area (Å²) in [6.45, 7) is 5.66. The lowest BCUT2D eigenvalue weighted by Gasteiger charge is -2.21. The fourth-order valence-corrected chi connectivity index (χ4v) is 2.25. The summed E-state index contributed by atoms with van der Waals surface area (Å²) in [5.41, 5.74) is 0.558. The number of aromatic nitrogens is 1. The topological polar surface area (TPSA) is 45.2 Å². The van der Waals surface area contributed by atoms with Crippen LogP contribution in [0.25, 0.3) is 10.8 Å². The van der Waals surface area contributed by atoms with Crippen LogP contribution in [0.1, 0.15) is 24.2 Å². The Kier molecular flexibility index (Phi) is 5.15. The number of carbonyl (C=O) groups is 1. The van der Waals surface area contributed by atoms with Crippen LogP contribution in [0.4, 0.5) is 0 Å². The van der Waals surface area contributed by atoms with Gasteiger partial charge >= 0.3 is 0 Å². The molecule has 0 saturated heterocycles. The van der Waals surface area contributed by atoms with E-state index in [-0.39, 0.29) is 5.91 Å². The van der Waals surface area contributed by atoms with Gasteiger partial charge in [0, 0.05) is 30.7 Å². The summed E-state index contributed by atoms with van der Waals surface area (Å²) in [4.78, 5) is 18.6. The number of amides is 1. The van der Waals surface area contributed by atoms with Gasteiger partial charge in [0.15, 0.2) is 0 Å². The molecule has 0 fully saturated rings. The third-order valence-corrected chi connectivity index (χ3v) is 3.92. The molecule has 0 saturated carbocycles. The lowest BCUT2D eigenvalue weighted by molar-refractivity contribution is 0.0949. The second-order valence-corrected chi connectivity index (χ2v) is 5.70. The average molecular weight is 306 g/mol. The van der Waals surface area contributed by atoms with Crippen LogP contribution in [-0.2, 0) is 0 Å². The molecule has 1 N–H and O–H groups in total. The number of benzene rings is 1. The number of rotatable bonds is 5. The summed E-state index contributed by atoms with van der Waals surface area (Å²) in [5, 5.41) is 4.97. The molecule has 0 spiro atoms. The quantitative estimate of drug-likeness (QED) is 0.864. The Morgan fingerprint density at radius 1 is 1.33 bits per heavy atom. The van der Waals surface area contributed by atoms with Crippen molar-refractivity contribution in [2.75, 3.05) is 20.1 Å². The molecule has 5 heteroatoms. The number of pyridine rings is 1. The zero-order valence-corrected chi connectivity index (χ0v) is 13.3. The van der Waals surface area contributed by atoms with Crippen LogP contribution in [0, 0.1) is 0 Å². The molecule has 0 aliphatic carbocycles. The zero-order chi connectivity index (χ0) is 15.4. The highest BCUT2D eigenvalue weighted by atomic mass is 35.5. The average Bonchev–Trinajstić information content (AvgIpc) is 2.47.